The van der Waals surface area contributed by atoms with Gasteiger partial charge in [-0.05, 0) is 48.2 Å². The highest BCUT2D eigenvalue weighted by Crippen LogP contribution is 2.36. The fourth-order valence-corrected chi connectivity index (χ4v) is 3.89. The Morgan fingerprint density at radius 3 is 2.41 bits per heavy atom. The van der Waals surface area contributed by atoms with Crippen LogP contribution in [0.2, 0.25) is 0 Å². The number of ether oxygens (including phenoxy) is 2. The summed E-state index contributed by atoms with van der Waals surface area (Å²) < 4.78 is 24.2. The number of halogens is 1. The van der Waals surface area contributed by atoms with Crippen molar-refractivity contribution in [3.8, 4) is 17.0 Å². The van der Waals surface area contributed by atoms with Gasteiger partial charge in [-0.3, -0.25) is 4.79 Å². The third kappa shape index (κ3) is 4.42. The molecule has 2 heterocycles. The molecule has 6 heteroatoms. The fraction of sp³-hybridized carbons (Fsp3) is 0.308. The third-order valence-electron chi connectivity index (χ3n) is 5.75. The normalized spacial score (nSPS) is 14.8. The summed E-state index contributed by atoms with van der Waals surface area (Å²) in [5.74, 6) is 0.205. The predicted octanol–water partition coefficient (Wildman–Crippen LogP) is 4.25. The standard InChI is InChI=1S/C26H26FNO4/c1-17(2)32-25-12-20(14-29)23(13-28-25)19-5-7-21(8-6-19)26(15-31-16-26)24(30)11-18-3-9-22(27)10-4-18/h3-10,12-13,17,29H,11,14-16H2,1-2H3. The summed E-state index contributed by atoms with van der Waals surface area (Å²) in [5, 5.41) is 9.83. The van der Waals surface area contributed by atoms with E-state index in [9.17, 15) is 14.3 Å². The number of aliphatic hydroxyl groups is 1. The van der Waals surface area contributed by atoms with E-state index in [0.29, 0.717) is 19.1 Å². The van der Waals surface area contributed by atoms with Crippen LogP contribution < -0.4 is 4.74 Å². The van der Waals surface area contributed by atoms with Gasteiger partial charge in [0.05, 0.1) is 25.9 Å². The summed E-state index contributed by atoms with van der Waals surface area (Å²) in [4.78, 5) is 17.5. The van der Waals surface area contributed by atoms with Crippen LogP contribution >= 0.6 is 0 Å². The molecule has 1 N–H and O–H groups in total. The van der Waals surface area contributed by atoms with Gasteiger partial charge in [-0.1, -0.05) is 36.4 Å². The maximum Gasteiger partial charge on any atom is 0.213 e. The van der Waals surface area contributed by atoms with E-state index in [1.807, 2.05) is 38.1 Å². The number of aliphatic hydroxyl groups excluding tert-OH is 1. The SMILES string of the molecule is CC(C)Oc1cc(CO)c(-c2ccc(C3(C(=O)Cc4ccc(F)cc4)COC3)cc2)cn1. The lowest BCUT2D eigenvalue weighted by molar-refractivity contribution is -0.142. The summed E-state index contributed by atoms with van der Waals surface area (Å²) in [6.07, 6.45) is 1.91. The molecule has 3 aromatic rings. The predicted molar refractivity (Wildman–Crippen MR) is 119 cm³/mol. The van der Waals surface area contributed by atoms with Crippen LogP contribution in [0.25, 0.3) is 11.1 Å². The summed E-state index contributed by atoms with van der Waals surface area (Å²) in [7, 11) is 0. The second kappa shape index (κ2) is 9.18. The summed E-state index contributed by atoms with van der Waals surface area (Å²) >= 11 is 0. The lowest BCUT2D eigenvalue weighted by Crippen LogP contribution is -2.53. The number of carbonyl (C=O) groups is 1. The smallest absolute Gasteiger partial charge is 0.213 e. The molecule has 1 aromatic heterocycles. The minimum atomic E-state index is -0.695. The average molecular weight is 435 g/mol. The number of hydrogen-bond acceptors (Lipinski definition) is 5. The monoisotopic (exact) mass is 435 g/mol. The molecule has 0 bridgehead atoms. The Balaban J connectivity index is 1.57. The number of benzene rings is 2. The molecule has 0 amide bonds. The molecule has 0 atom stereocenters. The Morgan fingerprint density at radius 1 is 1.16 bits per heavy atom. The minimum Gasteiger partial charge on any atom is -0.475 e. The largest absolute Gasteiger partial charge is 0.475 e. The first-order valence-corrected chi connectivity index (χ1v) is 10.6. The lowest BCUT2D eigenvalue weighted by atomic mass is 9.73. The Kier molecular flexibility index (Phi) is 6.35. The van der Waals surface area contributed by atoms with Crippen LogP contribution in [-0.4, -0.2) is 35.2 Å². The number of ketones is 1. The van der Waals surface area contributed by atoms with Crippen molar-refractivity contribution >= 4 is 5.78 Å². The van der Waals surface area contributed by atoms with Crippen molar-refractivity contribution in [3.63, 3.8) is 0 Å². The first-order valence-electron chi connectivity index (χ1n) is 10.6. The summed E-state index contributed by atoms with van der Waals surface area (Å²) in [6.45, 7) is 4.37. The number of Topliss-reactive ketones (excluding diaryl/α,β-unsaturated/α-hetero) is 1. The third-order valence-corrected chi connectivity index (χ3v) is 5.75. The molecule has 1 saturated heterocycles. The number of hydrogen-bond donors (Lipinski definition) is 1. The number of nitrogens with zero attached hydrogens (tertiary/aromatic N) is 1. The Morgan fingerprint density at radius 2 is 1.84 bits per heavy atom. The number of pyridine rings is 1. The van der Waals surface area contributed by atoms with E-state index in [4.69, 9.17) is 9.47 Å². The molecule has 166 valence electrons. The quantitative estimate of drug-likeness (QED) is 0.573. The molecule has 2 aromatic carbocycles. The molecule has 32 heavy (non-hydrogen) atoms. The van der Waals surface area contributed by atoms with Crippen molar-refractivity contribution < 1.29 is 23.8 Å². The zero-order chi connectivity index (χ0) is 22.7. The second-order valence-electron chi connectivity index (χ2n) is 8.38. The van der Waals surface area contributed by atoms with Gasteiger partial charge in [-0.25, -0.2) is 9.37 Å². The van der Waals surface area contributed by atoms with Crippen LogP contribution in [0.1, 0.15) is 30.5 Å². The van der Waals surface area contributed by atoms with Crippen LogP contribution in [0.3, 0.4) is 0 Å². The van der Waals surface area contributed by atoms with Crippen molar-refractivity contribution in [2.24, 2.45) is 0 Å². The van der Waals surface area contributed by atoms with Gasteiger partial charge in [0.2, 0.25) is 5.88 Å². The van der Waals surface area contributed by atoms with Crippen molar-refractivity contribution in [1.82, 2.24) is 4.98 Å². The van der Waals surface area contributed by atoms with Gasteiger partial charge in [0.15, 0.2) is 5.78 Å². The van der Waals surface area contributed by atoms with E-state index in [1.165, 1.54) is 12.1 Å². The topological polar surface area (TPSA) is 68.7 Å². The zero-order valence-corrected chi connectivity index (χ0v) is 18.2. The van der Waals surface area contributed by atoms with E-state index in [0.717, 1.165) is 27.8 Å². The van der Waals surface area contributed by atoms with Gasteiger partial charge < -0.3 is 14.6 Å². The van der Waals surface area contributed by atoms with Gasteiger partial charge in [0.1, 0.15) is 11.2 Å². The van der Waals surface area contributed by atoms with Crippen LogP contribution in [0.5, 0.6) is 5.88 Å². The van der Waals surface area contributed by atoms with Gasteiger partial charge in [0.25, 0.3) is 0 Å². The minimum absolute atomic E-state index is 0.00694. The zero-order valence-electron chi connectivity index (χ0n) is 18.2. The van der Waals surface area contributed by atoms with Crippen LogP contribution in [0.4, 0.5) is 4.39 Å². The summed E-state index contributed by atoms with van der Waals surface area (Å²) in [5.41, 5.74) is 3.39. The molecular weight excluding hydrogens is 409 g/mol. The fourth-order valence-electron chi connectivity index (χ4n) is 3.89. The first kappa shape index (κ1) is 22.1. The molecule has 1 aliphatic rings. The second-order valence-corrected chi connectivity index (χ2v) is 8.38. The number of rotatable bonds is 8. The first-order chi connectivity index (χ1) is 15.4. The van der Waals surface area contributed by atoms with Crippen LogP contribution in [0, 0.1) is 5.82 Å². The molecule has 0 unspecified atom stereocenters. The molecule has 1 fully saturated rings. The van der Waals surface area contributed by atoms with Gasteiger partial charge in [-0.2, -0.15) is 0 Å². The number of aromatic nitrogens is 1. The molecule has 5 nitrogen and oxygen atoms in total. The maximum absolute atomic E-state index is 13.2. The summed E-state index contributed by atoms with van der Waals surface area (Å²) in [6, 6.07) is 15.5. The van der Waals surface area contributed by atoms with Gasteiger partial charge in [0, 0.05) is 24.2 Å². The van der Waals surface area contributed by atoms with E-state index in [1.54, 1.807) is 24.4 Å². The number of carbonyl (C=O) groups excluding carboxylic acids is 1. The van der Waals surface area contributed by atoms with E-state index in [2.05, 4.69) is 4.98 Å². The maximum atomic E-state index is 13.2. The van der Waals surface area contributed by atoms with Crippen molar-refractivity contribution in [2.75, 3.05) is 13.2 Å². The van der Waals surface area contributed by atoms with Crippen LogP contribution in [0.15, 0.2) is 60.8 Å². The molecular formula is C26H26FNO4. The molecule has 1 aliphatic heterocycles. The van der Waals surface area contributed by atoms with Gasteiger partial charge >= 0.3 is 0 Å². The highest BCUT2D eigenvalue weighted by atomic mass is 19.1. The molecule has 4 rings (SSSR count). The van der Waals surface area contributed by atoms with E-state index < -0.39 is 5.41 Å². The highest BCUT2D eigenvalue weighted by molar-refractivity contribution is 5.93. The van der Waals surface area contributed by atoms with Crippen molar-refractivity contribution in [3.05, 3.63) is 83.3 Å². The molecule has 0 radical (unpaired) electrons. The molecule has 0 aliphatic carbocycles. The van der Waals surface area contributed by atoms with Crippen molar-refractivity contribution in [2.45, 2.75) is 38.4 Å². The lowest BCUT2D eigenvalue weighted by Gasteiger charge is -2.40. The highest BCUT2D eigenvalue weighted by Gasteiger charge is 2.46. The molecule has 0 spiro atoms. The Labute approximate surface area is 186 Å². The Hall–Kier alpha value is -3.09. The van der Waals surface area contributed by atoms with Crippen molar-refractivity contribution in [1.29, 1.82) is 0 Å². The Bertz CT molecular complexity index is 1090. The van der Waals surface area contributed by atoms with E-state index in [-0.39, 0.29) is 30.7 Å². The van der Waals surface area contributed by atoms with E-state index >= 15 is 0 Å². The molecule has 0 saturated carbocycles. The van der Waals surface area contributed by atoms with Crippen LogP contribution in [-0.2, 0) is 28.0 Å². The average Bonchev–Trinajstić information content (AvgIpc) is 2.75. The van der Waals surface area contributed by atoms with Gasteiger partial charge in [-0.15, -0.1) is 0 Å².